The molecule has 0 heterocycles. The van der Waals surface area contributed by atoms with E-state index >= 15 is 0 Å². The molecule has 0 aliphatic carbocycles. The molecule has 50 valence electrons. The van der Waals surface area contributed by atoms with Crippen LogP contribution in [0.5, 0.6) is 0 Å². The maximum atomic E-state index is 2.30. The van der Waals surface area contributed by atoms with Gasteiger partial charge >= 0.3 is 68.3 Å². The SMILES string of the molecule is [Li][CH](C)CCCCCC. The van der Waals surface area contributed by atoms with Gasteiger partial charge in [-0.1, -0.05) is 0 Å². The van der Waals surface area contributed by atoms with Gasteiger partial charge < -0.3 is 0 Å². The molecule has 1 heteroatoms. The van der Waals surface area contributed by atoms with Crippen molar-refractivity contribution in [3.05, 3.63) is 0 Å². The third-order valence-electron chi connectivity index (χ3n) is 1.64. The van der Waals surface area contributed by atoms with E-state index in [2.05, 4.69) is 31.6 Å². The van der Waals surface area contributed by atoms with Crippen molar-refractivity contribution >= 4 is 17.7 Å². The first-order valence-corrected chi connectivity index (χ1v) is 4.27. The van der Waals surface area contributed by atoms with Gasteiger partial charge in [-0.15, -0.1) is 0 Å². The average Bonchev–Trinajstić information content (AvgIpc) is 1.80. The Bertz CT molecular complexity index is 50.5. The fraction of sp³-hybridized carbons (Fsp3) is 1.00. The molecule has 0 aromatic carbocycles. The topological polar surface area (TPSA) is 0 Å². The molecule has 0 aliphatic rings. The van der Waals surface area contributed by atoms with Gasteiger partial charge in [0.05, 0.1) is 0 Å². The predicted molar refractivity (Wildman–Crippen MR) is 43.9 cm³/mol. The summed E-state index contributed by atoms with van der Waals surface area (Å²) in [6.45, 7) is 4.56. The van der Waals surface area contributed by atoms with Gasteiger partial charge in [0.25, 0.3) is 0 Å². The standard InChI is InChI=1S/C8H17.Li/c1-3-5-7-8-6-4-2;/h3H,4-8H2,1-2H3;. The summed E-state index contributed by atoms with van der Waals surface area (Å²) in [5.74, 6) is 0. The van der Waals surface area contributed by atoms with Crippen LogP contribution in [0.25, 0.3) is 0 Å². The van der Waals surface area contributed by atoms with Gasteiger partial charge in [-0.25, -0.2) is 0 Å². The maximum absolute atomic E-state index is 2.30. The van der Waals surface area contributed by atoms with E-state index in [0.717, 1.165) is 4.59 Å². The van der Waals surface area contributed by atoms with Crippen LogP contribution in [0.2, 0.25) is 4.59 Å². The predicted octanol–water partition coefficient (Wildman–Crippen LogP) is 2.93. The third-order valence-corrected chi connectivity index (χ3v) is 1.64. The summed E-state index contributed by atoms with van der Waals surface area (Å²) in [5, 5.41) is 0. The average molecular weight is 120 g/mol. The molecule has 0 aliphatic heterocycles. The number of unbranched alkanes of at least 4 members (excludes halogenated alkanes) is 3. The summed E-state index contributed by atoms with van der Waals surface area (Å²) in [6, 6.07) is 0. The molecule has 1 atom stereocenters. The van der Waals surface area contributed by atoms with Crippen molar-refractivity contribution < 1.29 is 0 Å². The molecule has 0 spiro atoms. The molecule has 0 bridgehead atoms. The van der Waals surface area contributed by atoms with Crippen LogP contribution in [0.4, 0.5) is 0 Å². The van der Waals surface area contributed by atoms with E-state index in [-0.39, 0.29) is 0 Å². The molecule has 0 fully saturated rings. The van der Waals surface area contributed by atoms with E-state index in [4.69, 9.17) is 0 Å². The summed E-state index contributed by atoms with van der Waals surface area (Å²) in [7, 11) is 0. The van der Waals surface area contributed by atoms with E-state index < -0.39 is 0 Å². The van der Waals surface area contributed by atoms with Crippen molar-refractivity contribution in [1.29, 1.82) is 0 Å². The van der Waals surface area contributed by atoms with Gasteiger partial charge in [0.2, 0.25) is 0 Å². The van der Waals surface area contributed by atoms with Crippen LogP contribution in [-0.2, 0) is 0 Å². The quantitative estimate of drug-likeness (QED) is 0.386. The first-order chi connectivity index (χ1) is 4.27. The monoisotopic (exact) mass is 120 g/mol. The van der Waals surface area contributed by atoms with Crippen LogP contribution in [0, 0.1) is 0 Å². The van der Waals surface area contributed by atoms with E-state index in [9.17, 15) is 0 Å². The molecule has 0 nitrogen and oxygen atoms in total. The minimum absolute atomic E-state index is 0.904. The summed E-state index contributed by atoms with van der Waals surface area (Å²) in [6.07, 6.45) is 7.07. The molecule has 0 N–H and O–H groups in total. The Morgan fingerprint density at radius 1 is 1.22 bits per heavy atom. The Kier molecular flexibility index (Phi) is 7.16. The van der Waals surface area contributed by atoms with Gasteiger partial charge in [0.1, 0.15) is 0 Å². The Morgan fingerprint density at radius 2 is 1.89 bits per heavy atom. The summed E-state index contributed by atoms with van der Waals surface area (Å²) < 4.78 is 0.904. The van der Waals surface area contributed by atoms with Gasteiger partial charge in [0, 0.05) is 0 Å². The second-order valence-electron chi connectivity index (χ2n) is 3.24. The first kappa shape index (κ1) is 9.60. The van der Waals surface area contributed by atoms with Crippen molar-refractivity contribution in [3.63, 3.8) is 0 Å². The Morgan fingerprint density at radius 3 is 2.33 bits per heavy atom. The van der Waals surface area contributed by atoms with Crippen molar-refractivity contribution in [2.45, 2.75) is 50.5 Å². The normalized spacial score (nSPS) is 13.8. The Hall–Kier alpha value is 0.597. The zero-order chi connectivity index (χ0) is 7.11. The van der Waals surface area contributed by atoms with Crippen LogP contribution in [0.3, 0.4) is 0 Å². The summed E-state index contributed by atoms with van der Waals surface area (Å²) in [5.41, 5.74) is 0. The molecule has 1 unspecified atom stereocenters. The second-order valence-corrected chi connectivity index (χ2v) is 3.24. The van der Waals surface area contributed by atoms with E-state index in [1.54, 1.807) is 0 Å². The van der Waals surface area contributed by atoms with Crippen molar-refractivity contribution in [1.82, 2.24) is 0 Å². The molecule has 0 saturated heterocycles. The molecule has 0 aromatic heterocycles. The number of rotatable bonds is 5. The van der Waals surface area contributed by atoms with E-state index in [1.807, 2.05) is 0 Å². The van der Waals surface area contributed by atoms with Crippen LogP contribution in [0.1, 0.15) is 46.0 Å². The Balaban J connectivity index is 2.75. The zero-order valence-electron chi connectivity index (χ0n) is 7.11. The zero-order valence-corrected chi connectivity index (χ0v) is 7.11. The van der Waals surface area contributed by atoms with Crippen molar-refractivity contribution in [2.24, 2.45) is 0 Å². The molecular weight excluding hydrogens is 103 g/mol. The summed E-state index contributed by atoms with van der Waals surface area (Å²) in [4.78, 5) is 0. The van der Waals surface area contributed by atoms with E-state index in [1.165, 1.54) is 32.1 Å². The van der Waals surface area contributed by atoms with Crippen LogP contribution >= 0.6 is 0 Å². The number of hydrogen-bond acceptors (Lipinski definition) is 0. The molecule has 9 heavy (non-hydrogen) atoms. The van der Waals surface area contributed by atoms with Crippen LogP contribution in [-0.4, -0.2) is 17.7 Å². The van der Waals surface area contributed by atoms with E-state index in [0.29, 0.717) is 0 Å². The third kappa shape index (κ3) is 8.60. The van der Waals surface area contributed by atoms with Crippen molar-refractivity contribution in [3.8, 4) is 0 Å². The first-order valence-electron chi connectivity index (χ1n) is 4.27. The minimum atomic E-state index is 0.904. The second kappa shape index (κ2) is 6.71. The Labute approximate surface area is 68.6 Å². The van der Waals surface area contributed by atoms with Gasteiger partial charge in [0.15, 0.2) is 0 Å². The molecular formula is C8H17Li. The molecule has 0 aromatic rings. The fourth-order valence-electron chi connectivity index (χ4n) is 0.979. The number of hydrogen-bond donors (Lipinski definition) is 0. The molecule has 0 saturated carbocycles. The fourth-order valence-corrected chi connectivity index (χ4v) is 0.979. The molecule has 0 rings (SSSR count). The van der Waals surface area contributed by atoms with Gasteiger partial charge in [-0.2, -0.15) is 0 Å². The van der Waals surface area contributed by atoms with Crippen LogP contribution in [0.15, 0.2) is 0 Å². The van der Waals surface area contributed by atoms with Crippen molar-refractivity contribution in [2.75, 3.05) is 0 Å². The summed E-state index contributed by atoms with van der Waals surface area (Å²) >= 11 is 2.30. The van der Waals surface area contributed by atoms with Crippen LogP contribution < -0.4 is 0 Å². The van der Waals surface area contributed by atoms with Gasteiger partial charge in [-0.05, 0) is 0 Å². The molecule has 0 amide bonds. The van der Waals surface area contributed by atoms with Gasteiger partial charge in [-0.3, -0.25) is 0 Å². The molecule has 0 radical (unpaired) electrons.